The van der Waals surface area contributed by atoms with Gasteiger partial charge in [0.2, 0.25) is 0 Å². The molecule has 0 aliphatic rings. The summed E-state index contributed by atoms with van der Waals surface area (Å²) in [6.07, 6.45) is 3.61. The number of Topliss-reactive ketones (excluding diaryl/α,β-unsaturated/α-hetero) is 1. The predicted octanol–water partition coefficient (Wildman–Crippen LogP) is 3.22. The van der Waals surface area contributed by atoms with Crippen molar-refractivity contribution in [1.82, 2.24) is 9.78 Å². The quantitative estimate of drug-likeness (QED) is 0.594. The molecule has 1 atom stereocenters. The zero-order chi connectivity index (χ0) is 17.2. The number of nitrogens with zero attached hydrogens (tertiary/aromatic N) is 3. The summed E-state index contributed by atoms with van der Waals surface area (Å²) >= 11 is 2.12. The van der Waals surface area contributed by atoms with Crippen molar-refractivity contribution in [2.24, 2.45) is 0 Å². The van der Waals surface area contributed by atoms with Gasteiger partial charge in [0, 0.05) is 16.2 Å². The van der Waals surface area contributed by atoms with E-state index in [1.54, 1.807) is 23.1 Å². The van der Waals surface area contributed by atoms with Crippen LogP contribution in [0.25, 0.3) is 4.85 Å². The maximum absolute atomic E-state index is 12.5. The summed E-state index contributed by atoms with van der Waals surface area (Å²) in [7, 11) is 0. The molecule has 0 fully saturated rings. The van der Waals surface area contributed by atoms with Gasteiger partial charge in [-0.05, 0) is 66.1 Å². The minimum Gasteiger partial charge on any atom is -0.380 e. The van der Waals surface area contributed by atoms with Crippen LogP contribution in [-0.4, -0.2) is 26.3 Å². The average molecular weight is 423 g/mol. The molecule has 0 radical (unpaired) electrons. The highest BCUT2D eigenvalue weighted by molar-refractivity contribution is 14.1. The van der Waals surface area contributed by atoms with Crippen LogP contribution < -0.4 is 0 Å². The summed E-state index contributed by atoms with van der Waals surface area (Å²) in [4.78, 5) is 16.0. The third-order valence-electron chi connectivity index (χ3n) is 3.67. The molecule has 2 rings (SSSR count). The fourth-order valence-electron chi connectivity index (χ4n) is 2.31. The van der Waals surface area contributed by atoms with Crippen molar-refractivity contribution in [3.8, 4) is 0 Å². The van der Waals surface area contributed by atoms with Gasteiger partial charge in [0.05, 0.1) is 19.3 Å². The van der Waals surface area contributed by atoms with Gasteiger partial charge in [0.1, 0.15) is 5.60 Å². The highest BCUT2D eigenvalue weighted by Gasteiger charge is 2.31. The van der Waals surface area contributed by atoms with Gasteiger partial charge >= 0.3 is 0 Å². The predicted molar refractivity (Wildman–Crippen MR) is 96.5 cm³/mol. The molecule has 1 aromatic carbocycles. The highest BCUT2D eigenvalue weighted by atomic mass is 127. The molecule has 0 bridgehead atoms. The molecule has 23 heavy (non-hydrogen) atoms. The molecule has 1 aromatic heterocycles. The SMILES string of the molecule is [C-]#[N+]c1cc(I)c(CC(=O)[C@@](C)(O)Cn2cc(C)cn2)cc1C. The second-order valence-corrected chi connectivity index (χ2v) is 7.09. The first-order valence-corrected chi connectivity index (χ1v) is 8.22. The zero-order valence-corrected chi connectivity index (χ0v) is 15.5. The lowest BCUT2D eigenvalue weighted by Gasteiger charge is -2.22. The second kappa shape index (κ2) is 6.81. The topological polar surface area (TPSA) is 59.5 Å². The number of carbonyl (C=O) groups excluding carboxylic acids is 1. The number of aryl methyl sites for hydroxylation is 2. The number of carbonyl (C=O) groups is 1. The van der Waals surface area contributed by atoms with Crippen LogP contribution in [-0.2, 0) is 17.8 Å². The number of halogens is 1. The van der Waals surface area contributed by atoms with Crippen molar-refractivity contribution in [3.63, 3.8) is 0 Å². The maximum atomic E-state index is 12.5. The van der Waals surface area contributed by atoms with Crippen molar-refractivity contribution >= 4 is 34.1 Å². The van der Waals surface area contributed by atoms with Crippen LogP contribution in [0.1, 0.15) is 23.6 Å². The van der Waals surface area contributed by atoms with Crippen LogP contribution in [0.5, 0.6) is 0 Å². The van der Waals surface area contributed by atoms with Crippen molar-refractivity contribution in [1.29, 1.82) is 0 Å². The number of rotatable bonds is 5. The summed E-state index contributed by atoms with van der Waals surface area (Å²) in [6.45, 7) is 12.5. The molecule has 5 nitrogen and oxygen atoms in total. The summed E-state index contributed by atoms with van der Waals surface area (Å²) in [5, 5.41) is 14.6. The Hall–Kier alpha value is -1.72. The molecule has 0 unspecified atom stereocenters. The zero-order valence-electron chi connectivity index (χ0n) is 13.3. The third kappa shape index (κ3) is 4.18. The Kier molecular flexibility index (Phi) is 5.22. The molecule has 0 saturated heterocycles. The molecular formula is C17H18IN3O2. The number of hydrogen-bond donors (Lipinski definition) is 1. The first-order valence-electron chi connectivity index (χ1n) is 7.14. The van der Waals surface area contributed by atoms with Gasteiger partial charge < -0.3 is 5.11 Å². The van der Waals surface area contributed by atoms with Gasteiger partial charge in [-0.1, -0.05) is 6.07 Å². The normalized spacial score (nSPS) is 13.4. The van der Waals surface area contributed by atoms with E-state index in [9.17, 15) is 9.90 Å². The van der Waals surface area contributed by atoms with Gasteiger partial charge in [-0.25, -0.2) is 4.85 Å². The molecule has 0 saturated carbocycles. The number of aromatic nitrogens is 2. The highest BCUT2D eigenvalue weighted by Crippen LogP contribution is 2.26. The molecule has 0 aliphatic carbocycles. The Morgan fingerprint density at radius 3 is 2.74 bits per heavy atom. The molecule has 0 spiro atoms. The summed E-state index contributed by atoms with van der Waals surface area (Å²) in [5.74, 6) is -0.265. The second-order valence-electron chi connectivity index (χ2n) is 5.93. The molecule has 1 N–H and O–H groups in total. The van der Waals surface area contributed by atoms with Crippen LogP contribution in [0.3, 0.4) is 0 Å². The minimum atomic E-state index is -1.49. The lowest BCUT2D eigenvalue weighted by atomic mass is 9.94. The number of ketones is 1. The molecular weight excluding hydrogens is 405 g/mol. The fourth-order valence-corrected chi connectivity index (χ4v) is 2.95. The summed E-state index contributed by atoms with van der Waals surface area (Å²) < 4.78 is 2.43. The van der Waals surface area contributed by atoms with Crippen LogP contribution in [0.4, 0.5) is 5.69 Å². The van der Waals surface area contributed by atoms with Crippen molar-refractivity contribution in [2.75, 3.05) is 0 Å². The smallest absolute Gasteiger partial charge is 0.191 e. The maximum Gasteiger partial charge on any atom is 0.191 e. The monoisotopic (exact) mass is 423 g/mol. The Bertz CT molecular complexity index is 788. The number of aliphatic hydroxyl groups is 1. The van der Waals surface area contributed by atoms with E-state index >= 15 is 0 Å². The van der Waals surface area contributed by atoms with Gasteiger partial charge in [-0.3, -0.25) is 9.48 Å². The van der Waals surface area contributed by atoms with E-state index in [0.29, 0.717) is 5.69 Å². The Labute approximate surface area is 149 Å². The van der Waals surface area contributed by atoms with Crippen molar-refractivity contribution in [3.05, 3.63) is 56.2 Å². The van der Waals surface area contributed by atoms with Crippen molar-refractivity contribution < 1.29 is 9.90 Å². The molecule has 0 amide bonds. The van der Waals surface area contributed by atoms with Crippen LogP contribution in [0, 0.1) is 24.0 Å². The van der Waals surface area contributed by atoms with E-state index in [4.69, 9.17) is 6.57 Å². The van der Waals surface area contributed by atoms with Crippen LogP contribution in [0.2, 0.25) is 0 Å². The fraction of sp³-hybridized carbons (Fsp3) is 0.353. The largest absolute Gasteiger partial charge is 0.380 e. The molecule has 0 aliphatic heterocycles. The van der Waals surface area contributed by atoms with E-state index in [1.807, 2.05) is 19.9 Å². The Morgan fingerprint density at radius 1 is 1.48 bits per heavy atom. The molecule has 120 valence electrons. The lowest BCUT2D eigenvalue weighted by Crippen LogP contribution is -2.41. The first-order chi connectivity index (χ1) is 10.7. The first kappa shape index (κ1) is 17.6. The van der Waals surface area contributed by atoms with Crippen LogP contribution in [0.15, 0.2) is 24.5 Å². The molecule has 1 heterocycles. The van der Waals surface area contributed by atoms with Gasteiger partial charge in [-0.15, -0.1) is 0 Å². The average Bonchev–Trinajstić information content (AvgIpc) is 2.86. The van der Waals surface area contributed by atoms with Gasteiger partial charge in [-0.2, -0.15) is 5.10 Å². The van der Waals surface area contributed by atoms with E-state index in [2.05, 4.69) is 32.5 Å². The molecule has 2 aromatic rings. The van der Waals surface area contributed by atoms with E-state index in [-0.39, 0.29) is 18.7 Å². The van der Waals surface area contributed by atoms with E-state index in [0.717, 1.165) is 20.3 Å². The molecule has 6 heteroatoms. The van der Waals surface area contributed by atoms with Crippen molar-refractivity contribution in [2.45, 2.75) is 39.3 Å². The van der Waals surface area contributed by atoms with Crippen LogP contribution >= 0.6 is 22.6 Å². The summed E-state index contributed by atoms with van der Waals surface area (Å²) in [6, 6.07) is 3.62. The standard InChI is InChI=1S/C17H18IN3O2/c1-11-8-20-21(9-11)10-17(3,23)16(22)6-13-5-12(2)15(19-4)7-14(13)18/h5,7-9,23H,6,10H2,1-3H3/t17-/m0/s1. The van der Waals surface area contributed by atoms with Gasteiger partial charge in [0.15, 0.2) is 11.5 Å². The van der Waals surface area contributed by atoms with E-state index < -0.39 is 5.60 Å². The Balaban J connectivity index is 2.18. The number of benzene rings is 1. The lowest BCUT2D eigenvalue weighted by molar-refractivity contribution is -0.136. The number of hydrogen-bond acceptors (Lipinski definition) is 3. The third-order valence-corrected chi connectivity index (χ3v) is 4.67. The van der Waals surface area contributed by atoms with E-state index in [1.165, 1.54) is 6.92 Å². The summed E-state index contributed by atoms with van der Waals surface area (Å²) in [5.41, 5.74) is 1.74. The minimum absolute atomic E-state index is 0.120. The Morgan fingerprint density at radius 2 is 2.17 bits per heavy atom. The van der Waals surface area contributed by atoms with Gasteiger partial charge in [0.25, 0.3) is 0 Å².